The Morgan fingerprint density at radius 2 is 2.00 bits per heavy atom. The molecule has 0 saturated carbocycles. The van der Waals surface area contributed by atoms with Gasteiger partial charge in [0.2, 0.25) is 0 Å². The molecule has 106 valence electrons. The molecule has 0 amide bonds. The van der Waals surface area contributed by atoms with Crippen LogP contribution in [0.5, 0.6) is 11.5 Å². The zero-order valence-electron chi connectivity index (χ0n) is 11.6. The zero-order chi connectivity index (χ0) is 13.8. The molecule has 1 unspecified atom stereocenters. The monoisotopic (exact) mass is 273 g/mol. The number of fused-ring (bicyclic) bond motifs is 1. The first kappa shape index (κ1) is 13.1. The Morgan fingerprint density at radius 1 is 1.15 bits per heavy atom. The summed E-state index contributed by atoms with van der Waals surface area (Å²) in [5.74, 6) is 2.62. The summed E-state index contributed by atoms with van der Waals surface area (Å²) >= 11 is 0. The fourth-order valence-corrected chi connectivity index (χ4v) is 2.23. The van der Waals surface area contributed by atoms with Gasteiger partial charge in [0.25, 0.3) is 0 Å². The Bertz CT molecular complexity index is 551. The first-order chi connectivity index (χ1) is 9.83. The molecule has 4 heteroatoms. The molecule has 1 aromatic carbocycles. The third kappa shape index (κ3) is 2.96. The van der Waals surface area contributed by atoms with Crippen molar-refractivity contribution in [1.29, 1.82) is 0 Å². The molecule has 4 nitrogen and oxygen atoms in total. The lowest BCUT2D eigenvalue weighted by molar-refractivity contribution is 0.297. The lowest BCUT2D eigenvalue weighted by Gasteiger charge is -2.13. The molecule has 1 aliphatic rings. The largest absolute Gasteiger partial charge is 0.490 e. The summed E-state index contributed by atoms with van der Waals surface area (Å²) in [6.45, 7) is 4.28. The van der Waals surface area contributed by atoms with E-state index in [9.17, 15) is 0 Å². The Labute approximate surface area is 118 Å². The first-order valence-corrected chi connectivity index (χ1v) is 6.98. The van der Waals surface area contributed by atoms with Gasteiger partial charge in [-0.15, -0.1) is 0 Å². The molecule has 0 aliphatic carbocycles. The summed E-state index contributed by atoms with van der Waals surface area (Å²) in [6, 6.07) is 10.2. The number of nitrogens with one attached hydrogen (secondary N) is 1. The van der Waals surface area contributed by atoms with Crippen molar-refractivity contribution >= 4 is 0 Å². The predicted octanol–water partition coefficient (Wildman–Crippen LogP) is 3.29. The van der Waals surface area contributed by atoms with E-state index in [1.807, 2.05) is 24.3 Å². The normalized spacial score (nSPS) is 15.7. The van der Waals surface area contributed by atoms with Crippen LogP contribution in [0.25, 0.3) is 0 Å². The number of hydrogen-bond donors (Lipinski definition) is 1. The maximum atomic E-state index is 5.70. The molecule has 2 heterocycles. The molecule has 0 saturated heterocycles. The van der Waals surface area contributed by atoms with E-state index in [0.29, 0.717) is 6.61 Å². The van der Waals surface area contributed by atoms with Crippen LogP contribution in [0.4, 0.5) is 0 Å². The second-order valence-electron chi connectivity index (χ2n) is 4.95. The van der Waals surface area contributed by atoms with E-state index in [0.717, 1.165) is 36.8 Å². The van der Waals surface area contributed by atoms with Crippen LogP contribution < -0.4 is 14.8 Å². The van der Waals surface area contributed by atoms with Gasteiger partial charge in [-0.3, -0.25) is 0 Å². The second-order valence-corrected chi connectivity index (χ2v) is 4.95. The third-order valence-corrected chi connectivity index (χ3v) is 3.39. The van der Waals surface area contributed by atoms with E-state index in [-0.39, 0.29) is 6.04 Å². The first-order valence-electron chi connectivity index (χ1n) is 6.98. The van der Waals surface area contributed by atoms with Gasteiger partial charge >= 0.3 is 0 Å². The van der Waals surface area contributed by atoms with E-state index in [4.69, 9.17) is 13.9 Å². The Hall–Kier alpha value is -1.94. The van der Waals surface area contributed by atoms with Crippen molar-refractivity contribution in [2.24, 2.45) is 0 Å². The Kier molecular flexibility index (Phi) is 3.92. The number of furan rings is 1. The Balaban J connectivity index is 1.64. The summed E-state index contributed by atoms with van der Waals surface area (Å²) in [5, 5.41) is 3.43. The van der Waals surface area contributed by atoms with Crippen molar-refractivity contribution in [2.75, 3.05) is 13.2 Å². The quantitative estimate of drug-likeness (QED) is 0.928. The number of ether oxygens (including phenoxy) is 2. The summed E-state index contributed by atoms with van der Waals surface area (Å²) < 4.78 is 16.7. The van der Waals surface area contributed by atoms with E-state index < -0.39 is 0 Å². The molecule has 1 aliphatic heterocycles. The van der Waals surface area contributed by atoms with Gasteiger partial charge in [0.15, 0.2) is 11.5 Å². The number of hydrogen-bond acceptors (Lipinski definition) is 4. The van der Waals surface area contributed by atoms with Crippen molar-refractivity contribution in [3.05, 3.63) is 47.9 Å². The maximum absolute atomic E-state index is 5.70. The van der Waals surface area contributed by atoms with Crippen molar-refractivity contribution in [2.45, 2.75) is 25.9 Å². The van der Waals surface area contributed by atoms with Gasteiger partial charge in [-0.1, -0.05) is 6.07 Å². The smallest absolute Gasteiger partial charge is 0.161 e. The van der Waals surface area contributed by atoms with Gasteiger partial charge in [0, 0.05) is 13.0 Å². The minimum absolute atomic E-state index is 0.181. The fraction of sp³-hybridized carbons (Fsp3) is 0.375. The summed E-state index contributed by atoms with van der Waals surface area (Å²) in [6.07, 6.45) is 2.62. The van der Waals surface area contributed by atoms with E-state index >= 15 is 0 Å². The minimum atomic E-state index is 0.181. The van der Waals surface area contributed by atoms with Crippen molar-refractivity contribution in [3.8, 4) is 11.5 Å². The molecule has 1 atom stereocenters. The van der Waals surface area contributed by atoms with Crippen LogP contribution in [0.15, 0.2) is 41.0 Å². The molecule has 20 heavy (non-hydrogen) atoms. The lowest BCUT2D eigenvalue weighted by atomic mass is 10.1. The highest BCUT2D eigenvalue weighted by Gasteiger charge is 2.12. The van der Waals surface area contributed by atoms with Gasteiger partial charge in [-0.05, 0) is 36.8 Å². The molecule has 0 bridgehead atoms. The van der Waals surface area contributed by atoms with Crippen LogP contribution in [0.2, 0.25) is 0 Å². The highest BCUT2D eigenvalue weighted by molar-refractivity contribution is 5.43. The van der Waals surface area contributed by atoms with Gasteiger partial charge < -0.3 is 19.2 Å². The van der Waals surface area contributed by atoms with E-state index in [1.165, 1.54) is 5.56 Å². The van der Waals surface area contributed by atoms with Crippen molar-refractivity contribution < 1.29 is 13.9 Å². The van der Waals surface area contributed by atoms with E-state index in [1.54, 1.807) is 6.26 Å². The van der Waals surface area contributed by atoms with Crippen molar-refractivity contribution in [3.63, 3.8) is 0 Å². The molecule has 1 aromatic heterocycles. The van der Waals surface area contributed by atoms with Crippen LogP contribution in [0.3, 0.4) is 0 Å². The number of benzene rings is 1. The summed E-state index contributed by atoms with van der Waals surface area (Å²) in [5.41, 5.74) is 1.17. The molecule has 1 N–H and O–H groups in total. The van der Waals surface area contributed by atoms with Gasteiger partial charge in [0.1, 0.15) is 5.76 Å². The summed E-state index contributed by atoms with van der Waals surface area (Å²) in [7, 11) is 0. The maximum Gasteiger partial charge on any atom is 0.161 e. The average molecular weight is 273 g/mol. The SMILES string of the molecule is CC(NCc1ccc2c(c1)OCCCO2)c1ccco1. The van der Waals surface area contributed by atoms with Crippen LogP contribution in [-0.4, -0.2) is 13.2 Å². The van der Waals surface area contributed by atoms with Crippen LogP contribution in [-0.2, 0) is 6.54 Å². The third-order valence-electron chi connectivity index (χ3n) is 3.39. The summed E-state index contributed by atoms with van der Waals surface area (Å²) in [4.78, 5) is 0. The van der Waals surface area contributed by atoms with Crippen LogP contribution in [0, 0.1) is 0 Å². The molecule has 0 spiro atoms. The highest BCUT2D eigenvalue weighted by Crippen LogP contribution is 2.30. The zero-order valence-corrected chi connectivity index (χ0v) is 11.6. The lowest BCUT2D eigenvalue weighted by Crippen LogP contribution is -2.17. The molecule has 2 aromatic rings. The standard InChI is InChI=1S/C16H19NO3/c1-12(14-4-2-7-18-14)17-11-13-5-6-15-16(10-13)20-9-3-8-19-15/h2,4-7,10,12,17H,3,8-9,11H2,1H3. The molecular weight excluding hydrogens is 254 g/mol. The molecular formula is C16H19NO3. The van der Waals surface area contributed by atoms with Gasteiger partial charge in [0.05, 0.1) is 25.5 Å². The molecule has 3 rings (SSSR count). The van der Waals surface area contributed by atoms with Crippen LogP contribution >= 0.6 is 0 Å². The molecule has 0 radical (unpaired) electrons. The minimum Gasteiger partial charge on any atom is -0.490 e. The predicted molar refractivity (Wildman–Crippen MR) is 76.0 cm³/mol. The molecule has 0 fully saturated rings. The van der Waals surface area contributed by atoms with E-state index in [2.05, 4.69) is 18.3 Å². The van der Waals surface area contributed by atoms with Crippen molar-refractivity contribution in [1.82, 2.24) is 5.32 Å². The topological polar surface area (TPSA) is 43.6 Å². The fourth-order valence-electron chi connectivity index (χ4n) is 2.23. The highest BCUT2D eigenvalue weighted by atomic mass is 16.5. The van der Waals surface area contributed by atoms with Gasteiger partial charge in [-0.2, -0.15) is 0 Å². The van der Waals surface area contributed by atoms with Gasteiger partial charge in [-0.25, -0.2) is 0 Å². The average Bonchev–Trinajstić information content (AvgIpc) is 2.90. The second kappa shape index (κ2) is 6.01. The number of rotatable bonds is 4. The Morgan fingerprint density at radius 3 is 2.80 bits per heavy atom. The van der Waals surface area contributed by atoms with Crippen LogP contribution in [0.1, 0.15) is 30.7 Å².